The number of rotatable bonds is 8. The summed E-state index contributed by atoms with van der Waals surface area (Å²) in [7, 11) is 0. The van der Waals surface area contributed by atoms with E-state index in [1.165, 1.54) is 18.4 Å². The van der Waals surface area contributed by atoms with Gasteiger partial charge < -0.3 is 20.2 Å². The Bertz CT molecular complexity index is 1410. The normalized spacial score (nSPS) is 14.1. The molecule has 10 heteroatoms. The average Bonchev–Trinajstić information content (AvgIpc) is 3.65. The van der Waals surface area contributed by atoms with Gasteiger partial charge in [-0.3, -0.25) is 14.6 Å². The third-order valence-corrected chi connectivity index (χ3v) is 6.93. The van der Waals surface area contributed by atoms with E-state index in [4.69, 9.17) is 5.73 Å². The maximum atomic E-state index is 12.4. The highest BCUT2D eigenvalue weighted by molar-refractivity contribution is 7.91. The molecule has 0 spiro atoms. The number of primary amides is 1. The summed E-state index contributed by atoms with van der Waals surface area (Å²) in [5.74, 6) is 0.168. The van der Waals surface area contributed by atoms with Crippen LogP contribution in [0.4, 0.5) is 0 Å². The molecule has 1 fully saturated rings. The molecule has 1 aliphatic rings. The van der Waals surface area contributed by atoms with Crippen molar-refractivity contribution in [2.24, 2.45) is 5.73 Å². The van der Waals surface area contributed by atoms with Crippen LogP contribution in [0.25, 0.3) is 22.2 Å². The minimum atomic E-state index is -1.23. The van der Waals surface area contributed by atoms with Crippen molar-refractivity contribution in [1.82, 2.24) is 24.8 Å². The Labute approximate surface area is 205 Å². The first-order valence-electron chi connectivity index (χ1n) is 11.2. The van der Waals surface area contributed by atoms with Gasteiger partial charge in [-0.15, -0.1) is 0 Å². The number of pyridine rings is 1. The Morgan fingerprint density at radius 3 is 2.63 bits per heavy atom. The summed E-state index contributed by atoms with van der Waals surface area (Å²) in [5, 5.41) is 3.26. The molecule has 0 radical (unpaired) electrons. The second-order valence-corrected chi connectivity index (χ2v) is 9.94. The molecule has 0 aliphatic heterocycles. The van der Waals surface area contributed by atoms with Gasteiger partial charge in [0.1, 0.15) is 12.1 Å². The molecule has 35 heavy (non-hydrogen) atoms. The van der Waals surface area contributed by atoms with Crippen molar-refractivity contribution in [3.05, 3.63) is 72.1 Å². The third kappa shape index (κ3) is 5.03. The first-order chi connectivity index (χ1) is 16.9. The lowest BCUT2D eigenvalue weighted by atomic mass is 10.1. The molecule has 0 bridgehead atoms. The summed E-state index contributed by atoms with van der Waals surface area (Å²) >= 11 is -1.23. The van der Waals surface area contributed by atoms with Gasteiger partial charge in [-0.05, 0) is 65.8 Å². The standard InChI is InChI=1S/C25H24N6O3S/c1-35(34)22-13-31(21-9-17(4-5-19(21)22)25(33)30-12-23(26)32)14-24-28-10-18(11-29-24)20-8-16(6-7-27-20)15-2-3-15/h4-11,13,15H,2-3,12,14H2,1H3,(H2,26,32)(H,30,33). The second-order valence-electron chi connectivity index (χ2n) is 8.59. The largest absolute Gasteiger partial charge is 0.612 e. The number of amides is 2. The molecule has 1 aliphatic carbocycles. The van der Waals surface area contributed by atoms with Crippen molar-refractivity contribution < 1.29 is 14.1 Å². The van der Waals surface area contributed by atoms with E-state index in [9.17, 15) is 14.1 Å². The molecule has 1 aromatic carbocycles. The van der Waals surface area contributed by atoms with E-state index in [0.29, 0.717) is 34.3 Å². The summed E-state index contributed by atoms with van der Waals surface area (Å²) in [6.45, 7) is 0.0800. The number of carbonyl (C=O) groups is 2. The molecular weight excluding hydrogens is 464 g/mol. The van der Waals surface area contributed by atoms with Crippen molar-refractivity contribution in [1.29, 1.82) is 0 Å². The zero-order valence-electron chi connectivity index (χ0n) is 19.1. The summed E-state index contributed by atoms with van der Waals surface area (Å²) in [5.41, 5.74) is 9.19. The summed E-state index contributed by atoms with van der Waals surface area (Å²) < 4.78 is 14.2. The second kappa shape index (κ2) is 9.47. The molecule has 178 valence electrons. The SMILES string of the molecule is C[S+]([O-])c1cn(Cc2ncc(-c3cc(C4CC4)ccn3)cn2)c2cc(C(=O)NCC(N)=O)ccc12. The fourth-order valence-corrected chi connectivity index (χ4v) is 4.78. The Morgan fingerprint density at radius 1 is 1.17 bits per heavy atom. The van der Waals surface area contributed by atoms with Crippen LogP contribution in [0.1, 0.15) is 40.5 Å². The first-order valence-corrected chi connectivity index (χ1v) is 12.7. The number of hydrogen-bond acceptors (Lipinski definition) is 6. The van der Waals surface area contributed by atoms with Crippen LogP contribution in [0.3, 0.4) is 0 Å². The highest BCUT2D eigenvalue weighted by atomic mass is 32.2. The molecule has 1 saturated carbocycles. The quantitative estimate of drug-likeness (QED) is 0.365. The van der Waals surface area contributed by atoms with Gasteiger partial charge in [0.2, 0.25) is 5.91 Å². The Morgan fingerprint density at radius 2 is 1.94 bits per heavy atom. The number of benzene rings is 1. The fourth-order valence-electron chi connectivity index (χ4n) is 4.03. The van der Waals surface area contributed by atoms with Gasteiger partial charge in [0.25, 0.3) is 5.91 Å². The molecule has 4 aromatic rings. The van der Waals surface area contributed by atoms with E-state index in [-0.39, 0.29) is 6.54 Å². The predicted octanol–water partition coefficient (Wildman–Crippen LogP) is 2.37. The van der Waals surface area contributed by atoms with Crippen molar-refractivity contribution >= 4 is 33.9 Å². The number of hydrogen-bond donors (Lipinski definition) is 2. The Balaban J connectivity index is 1.42. The average molecular weight is 489 g/mol. The summed E-state index contributed by atoms with van der Waals surface area (Å²) in [6, 6.07) is 9.25. The topological polar surface area (TPSA) is 139 Å². The Kier molecular flexibility index (Phi) is 6.23. The number of aromatic nitrogens is 4. The first kappa shape index (κ1) is 23.0. The van der Waals surface area contributed by atoms with E-state index in [1.54, 1.807) is 43.0 Å². The summed E-state index contributed by atoms with van der Waals surface area (Å²) in [6.07, 6.45) is 11.2. The zero-order chi connectivity index (χ0) is 24.5. The number of fused-ring (bicyclic) bond motifs is 1. The minimum absolute atomic E-state index is 0.249. The molecule has 3 aromatic heterocycles. The van der Waals surface area contributed by atoms with Gasteiger partial charge in [-0.1, -0.05) is 0 Å². The van der Waals surface area contributed by atoms with Gasteiger partial charge in [0.15, 0.2) is 4.90 Å². The van der Waals surface area contributed by atoms with Crippen LogP contribution >= 0.6 is 0 Å². The molecule has 2 amide bonds. The summed E-state index contributed by atoms with van der Waals surface area (Å²) in [4.78, 5) is 37.6. The molecule has 5 rings (SSSR count). The number of nitrogens with one attached hydrogen (secondary N) is 1. The maximum Gasteiger partial charge on any atom is 0.251 e. The van der Waals surface area contributed by atoms with Crippen LogP contribution in [0.15, 0.2) is 60.0 Å². The van der Waals surface area contributed by atoms with Gasteiger partial charge in [0, 0.05) is 29.7 Å². The molecule has 0 saturated heterocycles. The van der Waals surface area contributed by atoms with Crippen molar-refractivity contribution in [2.75, 3.05) is 12.8 Å². The van der Waals surface area contributed by atoms with Crippen LogP contribution in [-0.4, -0.2) is 48.7 Å². The highest BCUT2D eigenvalue weighted by Crippen LogP contribution is 2.40. The lowest BCUT2D eigenvalue weighted by Gasteiger charge is -2.07. The van der Waals surface area contributed by atoms with E-state index in [2.05, 4.69) is 32.4 Å². The maximum absolute atomic E-state index is 12.4. The number of carbonyl (C=O) groups excluding carboxylic acids is 2. The van der Waals surface area contributed by atoms with Gasteiger partial charge >= 0.3 is 0 Å². The fraction of sp³-hybridized carbons (Fsp3) is 0.240. The van der Waals surface area contributed by atoms with Crippen LogP contribution in [0, 0.1) is 0 Å². The van der Waals surface area contributed by atoms with Crippen LogP contribution < -0.4 is 11.1 Å². The van der Waals surface area contributed by atoms with E-state index < -0.39 is 23.0 Å². The Hall–Kier alpha value is -3.76. The van der Waals surface area contributed by atoms with Crippen molar-refractivity contribution in [3.8, 4) is 11.3 Å². The minimum Gasteiger partial charge on any atom is -0.612 e. The van der Waals surface area contributed by atoms with Crippen molar-refractivity contribution in [3.63, 3.8) is 0 Å². The van der Waals surface area contributed by atoms with E-state index >= 15 is 0 Å². The van der Waals surface area contributed by atoms with Gasteiger partial charge in [0.05, 0.1) is 35.9 Å². The molecule has 1 atom stereocenters. The lowest BCUT2D eigenvalue weighted by molar-refractivity contribution is -0.117. The van der Waals surface area contributed by atoms with Gasteiger partial charge in [-0.2, -0.15) is 0 Å². The molecule has 1 unspecified atom stereocenters. The predicted molar refractivity (Wildman–Crippen MR) is 132 cm³/mol. The molecule has 3 N–H and O–H groups in total. The van der Waals surface area contributed by atoms with Crippen LogP contribution in [-0.2, 0) is 22.5 Å². The molecule has 9 nitrogen and oxygen atoms in total. The number of nitrogens with two attached hydrogens (primary N) is 1. The molecule has 3 heterocycles. The number of nitrogens with zero attached hydrogens (tertiary/aromatic N) is 4. The van der Waals surface area contributed by atoms with Gasteiger partial charge in [-0.25, -0.2) is 9.97 Å². The van der Waals surface area contributed by atoms with Crippen molar-refractivity contribution in [2.45, 2.75) is 30.2 Å². The zero-order valence-corrected chi connectivity index (χ0v) is 19.9. The monoisotopic (exact) mass is 488 g/mol. The smallest absolute Gasteiger partial charge is 0.251 e. The van der Waals surface area contributed by atoms with Crippen LogP contribution in [0.5, 0.6) is 0 Å². The van der Waals surface area contributed by atoms with E-state index in [1.807, 2.05) is 10.8 Å². The third-order valence-electron chi connectivity index (χ3n) is 5.99. The molecular formula is C25H24N6O3S. The highest BCUT2D eigenvalue weighted by Gasteiger charge is 2.24. The lowest BCUT2D eigenvalue weighted by Crippen LogP contribution is -2.33. The van der Waals surface area contributed by atoms with E-state index in [0.717, 1.165) is 16.6 Å². The van der Waals surface area contributed by atoms with Crippen LogP contribution in [0.2, 0.25) is 0 Å².